The summed E-state index contributed by atoms with van der Waals surface area (Å²) in [4.78, 5) is 4.27. The van der Waals surface area contributed by atoms with Crippen LogP contribution in [-0.2, 0) is 13.0 Å². The predicted molar refractivity (Wildman–Crippen MR) is 131 cm³/mol. The van der Waals surface area contributed by atoms with E-state index in [1.807, 2.05) is 18.2 Å². The Balaban J connectivity index is 0.00000450. The molecule has 30 heavy (non-hydrogen) atoms. The molecule has 0 aliphatic heterocycles. The number of aliphatic imine (C=N–C) groups is 1. The lowest BCUT2D eigenvalue weighted by Crippen LogP contribution is -2.37. The first kappa shape index (κ1) is 26.1. The van der Waals surface area contributed by atoms with Crippen LogP contribution in [0.15, 0.2) is 33.8 Å². The summed E-state index contributed by atoms with van der Waals surface area (Å²) < 4.78 is 16.1. The lowest BCUT2D eigenvalue weighted by atomic mass is 9.99. The first-order chi connectivity index (χ1) is 14.1. The van der Waals surface area contributed by atoms with Gasteiger partial charge in [0.25, 0.3) is 0 Å². The van der Waals surface area contributed by atoms with E-state index >= 15 is 0 Å². The van der Waals surface area contributed by atoms with E-state index in [1.54, 1.807) is 21.3 Å². The molecule has 0 saturated carbocycles. The summed E-state index contributed by atoms with van der Waals surface area (Å²) in [5.74, 6) is 3.54. The number of nitrogens with zero attached hydrogens (tertiary/aromatic N) is 2. The van der Waals surface area contributed by atoms with Gasteiger partial charge in [0, 0.05) is 25.6 Å². The van der Waals surface area contributed by atoms with Crippen LogP contribution in [0, 0.1) is 0 Å². The molecular formula is C22H35IN4O3. The molecule has 0 unspecified atom stereocenters. The van der Waals surface area contributed by atoms with Crippen LogP contribution in [0.5, 0.6) is 11.5 Å². The summed E-state index contributed by atoms with van der Waals surface area (Å²) in [6, 6.07) is 8.06. The minimum Gasteiger partial charge on any atom is -0.493 e. The third-order valence-corrected chi connectivity index (χ3v) is 5.02. The summed E-state index contributed by atoms with van der Waals surface area (Å²) in [7, 11) is 5.06. The summed E-state index contributed by atoms with van der Waals surface area (Å²) in [6.45, 7) is 5.72. The average molecular weight is 530 g/mol. The lowest BCUT2D eigenvalue weighted by molar-refractivity contribution is 0.354. The number of hydrogen-bond donors (Lipinski definition) is 2. The number of nitrogens with one attached hydrogen (secondary N) is 2. The predicted octanol–water partition coefficient (Wildman–Crippen LogP) is 4.51. The smallest absolute Gasteiger partial charge is 0.191 e. The molecule has 0 aliphatic carbocycles. The molecule has 0 radical (unpaired) electrons. The topological polar surface area (TPSA) is 80.9 Å². The minimum atomic E-state index is 0. The monoisotopic (exact) mass is 530 g/mol. The molecule has 2 N–H and O–H groups in total. The Kier molecular flexibility index (Phi) is 12.3. The van der Waals surface area contributed by atoms with E-state index in [-0.39, 0.29) is 24.0 Å². The number of guanidine groups is 1. The largest absolute Gasteiger partial charge is 0.493 e. The van der Waals surface area contributed by atoms with E-state index < -0.39 is 0 Å². The van der Waals surface area contributed by atoms with Crippen LogP contribution in [-0.4, -0.2) is 38.9 Å². The Labute approximate surface area is 197 Å². The Morgan fingerprint density at radius 3 is 2.47 bits per heavy atom. The van der Waals surface area contributed by atoms with E-state index in [1.165, 1.54) is 5.56 Å². The van der Waals surface area contributed by atoms with Crippen molar-refractivity contribution in [3.05, 3.63) is 41.3 Å². The molecule has 0 spiro atoms. The zero-order chi connectivity index (χ0) is 21.1. The van der Waals surface area contributed by atoms with Gasteiger partial charge in [0.2, 0.25) is 0 Å². The van der Waals surface area contributed by atoms with Crippen LogP contribution >= 0.6 is 24.0 Å². The van der Waals surface area contributed by atoms with E-state index in [0.29, 0.717) is 12.5 Å². The molecular weight excluding hydrogens is 495 g/mol. The summed E-state index contributed by atoms with van der Waals surface area (Å²) >= 11 is 0. The molecule has 7 nitrogen and oxygen atoms in total. The van der Waals surface area contributed by atoms with Gasteiger partial charge >= 0.3 is 0 Å². The van der Waals surface area contributed by atoms with E-state index in [4.69, 9.17) is 14.0 Å². The molecule has 8 heteroatoms. The molecule has 2 rings (SSSR count). The van der Waals surface area contributed by atoms with Crippen molar-refractivity contribution in [2.45, 2.75) is 52.0 Å². The Morgan fingerprint density at radius 2 is 1.83 bits per heavy atom. The van der Waals surface area contributed by atoms with Crippen LogP contribution in [0.25, 0.3) is 0 Å². The van der Waals surface area contributed by atoms with Crippen LogP contribution in [0.1, 0.15) is 56.0 Å². The van der Waals surface area contributed by atoms with Crippen molar-refractivity contribution in [3.8, 4) is 11.5 Å². The van der Waals surface area contributed by atoms with Crippen molar-refractivity contribution in [2.24, 2.45) is 4.99 Å². The molecule has 1 aromatic heterocycles. The fraction of sp³-hybridized carbons (Fsp3) is 0.545. The van der Waals surface area contributed by atoms with Crippen molar-refractivity contribution >= 4 is 29.9 Å². The van der Waals surface area contributed by atoms with E-state index in [0.717, 1.165) is 61.1 Å². The van der Waals surface area contributed by atoms with Crippen LogP contribution in [0.2, 0.25) is 0 Å². The van der Waals surface area contributed by atoms with Crippen molar-refractivity contribution in [2.75, 3.05) is 27.8 Å². The molecule has 168 valence electrons. The second kappa shape index (κ2) is 14.1. The number of hydrogen-bond acceptors (Lipinski definition) is 5. The number of methoxy groups -OCH3 is 2. The fourth-order valence-corrected chi connectivity index (χ4v) is 3.24. The highest BCUT2D eigenvalue weighted by Crippen LogP contribution is 2.27. The van der Waals surface area contributed by atoms with Gasteiger partial charge < -0.3 is 24.6 Å². The molecule has 0 aliphatic rings. The van der Waals surface area contributed by atoms with Gasteiger partial charge in [0.05, 0.1) is 26.5 Å². The van der Waals surface area contributed by atoms with Gasteiger partial charge in [-0.15, -0.1) is 24.0 Å². The Morgan fingerprint density at radius 1 is 1.10 bits per heavy atom. The zero-order valence-electron chi connectivity index (χ0n) is 18.7. The van der Waals surface area contributed by atoms with Gasteiger partial charge in [0.15, 0.2) is 23.2 Å². The number of halogens is 1. The molecule has 0 atom stereocenters. The van der Waals surface area contributed by atoms with Gasteiger partial charge in [-0.25, -0.2) is 0 Å². The van der Waals surface area contributed by atoms with E-state index in [9.17, 15) is 0 Å². The number of ether oxygens (including phenoxy) is 2. The molecule has 0 saturated heterocycles. The maximum atomic E-state index is 5.45. The third-order valence-electron chi connectivity index (χ3n) is 5.02. The standard InChI is InChI=1S/C22H34N4O3.HI/c1-6-17(7-2)19-14-18(29-26-19)15-25-22(23-3)24-12-8-9-16-10-11-20(27-4)21(13-16)28-5;/h10-11,13-14,17H,6-9,12,15H2,1-5H3,(H2,23,24,25);1H. The van der Waals surface area contributed by atoms with Gasteiger partial charge in [-0.05, 0) is 43.4 Å². The average Bonchev–Trinajstić information content (AvgIpc) is 3.22. The Hall–Kier alpha value is -1.97. The maximum absolute atomic E-state index is 5.45. The molecule has 0 amide bonds. The first-order valence-corrected chi connectivity index (χ1v) is 10.3. The number of aryl methyl sites for hydroxylation is 1. The van der Waals surface area contributed by atoms with Crippen molar-refractivity contribution in [1.82, 2.24) is 15.8 Å². The number of rotatable bonds is 11. The summed E-state index contributed by atoms with van der Waals surface area (Å²) in [6.07, 6.45) is 4.04. The Bertz CT molecular complexity index is 775. The normalized spacial score (nSPS) is 11.2. The van der Waals surface area contributed by atoms with Crippen LogP contribution in [0.4, 0.5) is 0 Å². The molecule has 1 heterocycles. The van der Waals surface area contributed by atoms with Gasteiger partial charge in [-0.2, -0.15) is 0 Å². The highest BCUT2D eigenvalue weighted by Gasteiger charge is 2.13. The highest BCUT2D eigenvalue weighted by molar-refractivity contribution is 14.0. The fourth-order valence-electron chi connectivity index (χ4n) is 3.24. The van der Waals surface area contributed by atoms with Gasteiger partial charge in [-0.3, -0.25) is 4.99 Å². The van der Waals surface area contributed by atoms with Crippen molar-refractivity contribution in [1.29, 1.82) is 0 Å². The summed E-state index contributed by atoms with van der Waals surface area (Å²) in [5.41, 5.74) is 2.24. The SMILES string of the molecule is CCC(CC)c1cc(CNC(=NC)NCCCc2ccc(OC)c(OC)c2)on1.I. The van der Waals surface area contributed by atoms with Crippen LogP contribution < -0.4 is 20.1 Å². The third kappa shape index (κ3) is 7.70. The first-order valence-electron chi connectivity index (χ1n) is 10.3. The van der Waals surface area contributed by atoms with Gasteiger partial charge in [0.1, 0.15) is 0 Å². The second-order valence-electron chi connectivity index (χ2n) is 6.88. The molecule has 2 aromatic rings. The van der Waals surface area contributed by atoms with E-state index in [2.05, 4.69) is 40.7 Å². The number of benzene rings is 1. The molecule has 0 bridgehead atoms. The van der Waals surface area contributed by atoms with Crippen LogP contribution in [0.3, 0.4) is 0 Å². The highest BCUT2D eigenvalue weighted by atomic mass is 127. The van der Waals surface area contributed by atoms with Crippen molar-refractivity contribution < 1.29 is 14.0 Å². The number of aromatic nitrogens is 1. The summed E-state index contributed by atoms with van der Waals surface area (Å²) in [5, 5.41) is 10.8. The minimum absolute atomic E-state index is 0. The zero-order valence-corrected chi connectivity index (χ0v) is 21.0. The lowest BCUT2D eigenvalue weighted by Gasteiger charge is -2.12. The van der Waals surface area contributed by atoms with Gasteiger partial charge in [-0.1, -0.05) is 25.1 Å². The maximum Gasteiger partial charge on any atom is 0.191 e. The molecule has 1 aromatic carbocycles. The molecule has 0 fully saturated rings. The second-order valence-corrected chi connectivity index (χ2v) is 6.88. The van der Waals surface area contributed by atoms with Crippen molar-refractivity contribution in [3.63, 3.8) is 0 Å². The quantitative estimate of drug-likeness (QED) is 0.193.